The summed E-state index contributed by atoms with van der Waals surface area (Å²) < 4.78 is 18.4. The second-order valence-corrected chi connectivity index (χ2v) is 8.60. The Labute approximate surface area is 211 Å². The van der Waals surface area contributed by atoms with Gasteiger partial charge < -0.3 is 19.5 Å². The molecule has 0 spiro atoms. The summed E-state index contributed by atoms with van der Waals surface area (Å²) in [6.45, 7) is 8.48. The first-order valence-corrected chi connectivity index (χ1v) is 12.0. The molecule has 0 unspecified atom stereocenters. The largest absolute Gasteiger partial charge is 0.493 e. The molecule has 0 aliphatic carbocycles. The van der Waals surface area contributed by atoms with Gasteiger partial charge in [0.05, 0.1) is 32.2 Å². The van der Waals surface area contributed by atoms with Crippen LogP contribution in [0.5, 0.6) is 17.4 Å². The molecule has 2 heterocycles. The third-order valence-electron chi connectivity index (χ3n) is 6.16. The number of amides is 1. The Kier molecular flexibility index (Phi) is 7.43. The van der Waals surface area contributed by atoms with E-state index in [2.05, 4.69) is 24.4 Å². The van der Waals surface area contributed by atoms with Crippen LogP contribution in [0.1, 0.15) is 35.7 Å². The van der Waals surface area contributed by atoms with E-state index < -0.39 is 0 Å². The van der Waals surface area contributed by atoms with Crippen LogP contribution in [-0.2, 0) is 11.2 Å². The van der Waals surface area contributed by atoms with E-state index in [0.717, 1.165) is 33.5 Å². The first-order chi connectivity index (χ1) is 17.4. The molecule has 0 aliphatic heterocycles. The van der Waals surface area contributed by atoms with Crippen molar-refractivity contribution in [1.82, 2.24) is 14.8 Å². The van der Waals surface area contributed by atoms with Crippen molar-refractivity contribution in [2.75, 3.05) is 26.1 Å². The van der Waals surface area contributed by atoms with Crippen LogP contribution in [0, 0.1) is 20.8 Å². The number of rotatable bonds is 9. The van der Waals surface area contributed by atoms with Gasteiger partial charge in [-0.1, -0.05) is 17.7 Å². The quantitative estimate of drug-likeness (QED) is 0.343. The van der Waals surface area contributed by atoms with Gasteiger partial charge in [0.2, 0.25) is 11.8 Å². The maximum Gasteiger partial charge on any atom is 0.224 e. The summed E-state index contributed by atoms with van der Waals surface area (Å²) in [5.41, 5.74) is 6.33. The Balaban J connectivity index is 1.62. The van der Waals surface area contributed by atoms with E-state index in [9.17, 15) is 4.79 Å². The number of nitrogens with zero attached hydrogens (tertiary/aromatic N) is 3. The van der Waals surface area contributed by atoms with Crippen LogP contribution < -0.4 is 19.5 Å². The van der Waals surface area contributed by atoms with Crippen LogP contribution >= 0.6 is 0 Å². The molecule has 2 aromatic heterocycles. The van der Waals surface area contributed by atoms with E-state index in [0.29, 0.717) is 36.1 Å². The number of carbonyl (C=O) groups is 1. The van der Waals surface area contributed by atoms with Gasteiger partial charge in [-0.15, -0.1) is 0 Å². The van der Waals surface area contributed by atoms with Crippen LogP contribution in [0.2, 0.25) is 0 Å². The number of aryl methyl sites for hydroxylation is 3. The zero-order valence-corrected chi connectivity index (χ0v) is 21.6. The number of hydrogen-bond donors (Lipinski definition) is 1. The minimum absolute atomic E-state index is 0.115. The van der Waals surface area contributed by atoms with Gasteiger partial charge >= 0.3 is 0 Å². The van der Waals surface area contributed by atoms with Crippen molar-refractivity contribution >= 4 is 22.6 Å². The number of aromatic nitrogens is 3. The van der Waals surface area contributed by atoms with Gasteiger partial charge in [-0.05, 0) is 63.9 Å². The Morgan fingerprint density at radius 2 is 1.72 bits per heavy atom. The molecule has 4 aromatic rings. The third kappa shape index (κ3) is 4.98. The number of benzene rings is 2. The summed E-state index contributed by atoms with van der Waals surface area (Å²) in [6, 6.07) is 13.5. The van der Waals surface area contributed by atoms with Crippen molar-refractivity contribution in [3.63, 3.8) is 0 Å². The van der Waals surface area contributed by atoms with E-state index in [1.54, 1.807) is 32.4 Å². The molecule has 0 bridgehead atoms. The summed E-state index contributed by atoms with van der Waals surface area (Å²) in [4.78, 5) is 17.7. The standard InChI is InChI=1S/C28H32N4O4/c1-7-36-28-22(13-15-25(33)29-20-10-14-23(34-5)24(16-20)35-6)18(3)26-19(4)31-32(27(26)30-28)21-11-8-17(2)9-12-21/h8-12,14,16H,7,13,15H2,1-6H3,(H,29,33). The molecular formula is C28H32N4O4. The molecule has 0 aliphatic rings. The topological polar surface area (TPSA) is 87.5 Å². The highest BCUT2D eigenvalue weighted by Crippen LogP contribution is 2.33. The fraction of sp³-hybridized carbons (Fsp3) is 0.321. The first kappa shape index (κ1) is 25.0. The molecule has 4 rings (SSSR count). The number of anilines is 1. The van der Waals surface area contributed by atoms with Crippen molar-refractivity contribution in [3.8, 4) is 23.1 Å². The van der Waals surface area contributed by atoms with Gasteiger partial charge in [0, 0.05) is 29.1 Å². The predicted molar refractivity (Wildman–Crippen MR) is 141 cm³/mol. The van der Waals surface area contributed by atoms with Crippen LogP contribution in [0.25, 0.3) is 16.7 Å². The van der Waals surface area contributed by atoms with E-state index in [4.69, 9.17) is 24.3 Å². The van der Waals surface area contributed by atoms with Crippen LogP contribution in [0.3, 0.4) is 0 Å². The Bertz CT molecular complexity index is 1390. The van der Waals surface area contributed by atoms with E-state index in [-0.39, 0.29) is 12.3 Å². The Morgan fingerprint density at radius 1 is 1.00 bits per heavy atom. The van der Waals surface area contributed by atoms with Crippen molar-refractivity contribution in [2.24, 2.45) is 0 Å². The molecule has 8 nitrogen and oxygen atoms in total. The molecule has 0 radical (unpaired) electrons. The second-order valence-electron chi connectivity index (χ2n) is 8.60. The smallest absolute Gasteiger partial charge is 0.224 e. The third-order valence-corrected chi connectivity index (χ3v) is 6.16. The lowest BCUT2D eigenvalue weighted by Crippen LogP contribution is -2.14. The first-order valence-electron chi connectivity index (χ1n) is 12.0. The second kappa shape index (κ2) is 10.7. The average Bonchev–Trinajstić information content (AvgIpc) is 3.20. The molecule has 188 valence electrons. The highest BCUT2D eigenvalue weighted by Gasteiger charge is 2.21. The highest BCUT2D eigenvalue weighted by molar-refractivity contribution is 5.91. The molecule has 8 heteroatoms. The lowest BCUT2D eigenvalue weighted by atomic mass is 10.0. The van der Waals surface area contributed by atoms with Gasteiger partial charge in [-0.3, -0.25) is 4.79 Å². The molecule has 0 fully saturated rings. The van der Waals surface area contributed by atoms with Crippen LogP contribution in [-0.4, -0.2) is 41.5 Å². The predicted octanol–water partition coefficient (Wildman–Crippen LogP) is 5.33. The number of fused-ring (bicyclic) bond motifs is 1. The fourth-order valence-electron chi connectivity index (χ4n) is 4.32. The van der Waals surface area contributed by atoms with Gasteiger partial charge in [0.1, 0.15) is 0 Å². The van der Waals surface area contributed by atoms with E-state index >= 15 is 0 Å². The molecule has 36 heavy (non-hydrogen) atoms. The SMILES string of the molecule is CCOc1nc2c(c(C)nn2-c2ccc(C)cc2)c(C)c1CCC(=O)Nc1ccc(OC)c(OC)c1. The van der Waals surface area contributed by atoms with Crippen molar-refractivity contribution in [2.45, 2.75) is 40.5 Å². The highest BCUT2D eigenvalue weighted by atomic mass is 16.5. The molecule has 1 N–H and O–H groups in total. The van der Waals surface area contributed by atoms with E-state index in [1.807, 2.05) is 37.6 Å². The molecule has 0 saturated carbocycles. The summed E-state index contributed by atoms with van der Waals surface area (Å²) in [5.74, 6) is 1.58. The summed E-state index contributed by atoms with van der Waals surface area (Å²) in [6.07, 6.45) is 0.756. The monoisotopic (exact) mass is 488 g/mol. The number of ether oxygens (including phenoxy) is 3. The zero-order valence-electron chi connectivity index (χ0n) is 21.6. The number of nitrogens with one attached hydrogen (secondary N) is 1. The molecule has 2 aromatic carbocycles. The zero-order chi connectivity index (χ0) is 25.8. The minimum atomic E-state index is -0.115. The van der Waals surface area contributed by atoms with Crippen molar-refractivity contribution in [1.29, 1.82) is 0 Å². The summed E-state index contributed by atoms with van der Waals surface area (Å²) >= 11 is 0. The van der Waals surface area contributed by atoms with E-state index in [1.165, 1.54) is 5.56 Å². The Hall–Kier alpha value is -4.07. The van der Waals surface area contributed by atoms with Gasteiger partial charge in [0.25, 0.3) is 0 Å². The lowest BCUT2D eigenvalue weighted by molar-refractivity contribution is -0.116. The van der Waals surface area contributed by atoms with Crippen molar-refractivity contribution in [3.05, 3.63) is 64.8 Å². The Morgan fingerprint density at radius 3 is 2.39 bits per heavy atom. The molecule has 1 amide bonds. The maximum atomic E-state index is 12.8. The molecule has 0 saturated heterocycles. The number of methoxy groups -OCH3 is 2. The number of hydrogen-bond acceptors (Lipinski definition) is 6. The fourth-order valence-corrected chi connectivity index (χ4v) is 4.32. The van der Waals surface area contributed by atoms with Crippen molar-refractivity contribution < 1.29 is 19.0 Å². The summed E-state index contributed by atoms with van der Waals surface area (Å²) in [5, 5.41) is 8.69. The lowest BCUT2D eigenvalue weighted by Gasteiger charge is -2.14. The molecular weight excluding hydrogens is 456 g/mol. The number of pyridine rings is 1. The summed E-state index contributed by atoms with van der Waals surface area (Å²) in [7, 11) is 3.14. The maximum absolute atomic E-state index is 12.8. The average molecular weight is 489 g/mol. The van der Waals surface area contributed by atoms with Crippen LogP contribution in [0.15, 0.2) is 42.5 Å². The van der Waals surface area contributed by atoms with Crippen LogP contribution in [0.4, 0.5) is 5.69 Å². The number of carbonyl (C=O) groups excluding carboxylic acids is 1. The van der Waals surface area contributed by atoms with Gasteiger partial charge in [-0.2, -0.15) is 10.1 Å². The minimum Gasteiger partial charge on any atom is -0.493 e. The molecule has 0 atom stereocenters. The van der Waals surface area contributed by atoms with Gasteiger partial charge in [0.15, 0.2) is 17.1 Å². The van der Waals surface area contributed by atoms with Gasteiger partial charge in [-0.25, -0.2) is 4.68 Å². The normalized spacial score (nSPS) is 10.9.